The highest BCUT2D eigenvalue weighted by molar-refractivity contribution is 7.80. The Morgan fingerprint density at radius 1 is 1.30 bits per heavy atom. The van der Waals surface area contributed by atoms with Gasteiger partial charge >= 0.3 is 0 Å². The Morgan fingerprint density at radius 2 is 2.20 bits per heavy atom. The van der Waals surface area contributed by atoms with Crippen LogP contribution in [-0.4, -0.2) is 17.2 Å². The molecular formula is C16H15N3S. The van der Waals surface area contributed by atoms with E-state index in [1.807, 2.05) is 18.2 Å². The number of allylic oxidation sites excluding steroid dienone is 2. The highest BCUT2D eigenvalue weighted by Crippen LogP contribution is 2.28. The SMILES string of the molecule is N#Cc1ccc2c(c1)C(C1=CCCCC1)=NCC(=S)N2. The zero-order chi connectivity index (χ0) is 13.9. The smallest absolute Gasteiger partial charge is 0.102 e. The topological polar surface area (TPSA) is 48.2 Å². The van der Waals surface area contributed by atoms with E-state index in [-0.39, 0.29) is 0 Å². The summed E-state index contributed by atoms with van der Waals surface area (Å²) < 4.78 is 0. The molecule has 4 heteroatoms. The molecule has 3 nitrogen and oxygen atoms in total. The maximum atomic E-state index is 9.11. The number of benzene rings is 1. The normalized spacial score (nSPS) is 18.1. The van der Waals surface area contributed by atoms with Gasteiger partial charge in [-0.05, 0) is 49.5 Å². The minimum atomic E-state index is 0.512. The van der Waals surface area contributed by atoms with Crippen molar-refractivity contribution in [3.8, 4) is 6.07 Å². The van der Waals surface area contributed by atoms with Gasteiger partial charge in [0.25, 0.3) is 0 Å². The van der Waals surface area contributed by atoms with Crippen LogP contribution in [0.25, 0.3) is 0 Å². The predicted molar refractivity (Wildman–Crippen MR) is 85.3 cm³/mol. The van der Waals surface area contributed by atoms with Crippen LogP contribution in [0.4, 0.5) is 5.69 Å². The number of nitrogens with one attached hydrogen (secondary N) is 1. The second-order valence-corrected chi connectivity index (χ2v) is 5.55. The fourth-order valence-corrected chi connectivity index (χ4v) is 2.85. The van der Waals surface area contributed by atoms with Crippen molar-refractivity contribution in [3.05, 3.63) is 41.0 Å². The molecule has 100 valence electrons. The van der Waals surface area contributed by atoms with Crippen LogP contribution in [0.1, 0.15) is 36.8 Å². The first-order chi connectivity index (χ1) is 9.78. The predicted octanol–water partition coefficient (Wildman–Crippen LogP) is 3.60. The Morgan fingerprint density at radius 3 is 2.95 bits per heavy atom. The van der Waals surface area contributed by atoms with Crippen LogP contribution in [-0.2, 0) is 0 Å². The Balaban J connectivity index is 2.12. The summed E-state index contributed by atoms with van der Waals surface area (Å²) in [6.45, 7) is 0.512. The molecule has 1 heterocycles. The quantitative estimate of drug-likeness (QED) is 0.800. The lowest BCUT2D eigenvalue weighted by atomic mass is 9.91. The molecule has 0 radical (unpaired) electrons. The summed E-state index contributed by atoms with van der Waals surface area (Å²) in [4.78, 5) is 5.40. The second kappa shape index (κ2) is 5.56. The number of rotatable bonds is 1. The van der Waals surface area contributed by atoms with Crippen LogP contribution in [0, 0.1) is 11.3 Å². The summed E-state index contributed by atoms with van der Waals surface area (Å²) >= 11 is 5.28. The van der Waals surface area contributed by atoms with E-state index in [9.17, 15) is 0 Å². The maximum absolute atomic E-state index is 9.11. The molecule has 0 bridgehead atoms. The number of hydrogen-bond acceptors (Lipinski definition) is 3. The van der Waals surface area contributed by atoms with Crippen LogP contribution in [0.2, 0.25) is 0 Å². The molecular weight excluding hydrogens is 266 g/mol. The first-order valence-electron chi connectivity index (χ1n) is 6.86. The third kappa shape index (κ3) is 2.50. The molecule has 3 rings (SSSR count). The number of aliphatic imine (C=N–C) groups is 1. The first kappa shape index (κ1) is 13.0. The molecule has 0 amide bonds. The van der Waals surface area contributed by atoms with Gasteiger partial charge in [-0.2, -0.15) is 5.26 Å². The average molecular weight is 281 g/mol. The van der Waals surface area contributed by atoms with Gasteiger partial charge in [-0.15, -0.1) is 0 Å². The summed E-state index contributed by atoms with van der Waals surface area (Å²) in [6, 6.07) is 7.84. The van der Waals surface area contributed by atoms with Crippen LogP contribution in [0.3, 0.4) is 0 Å². The largest absolute Gasteiger partial charge is 0.348 e. The number of anilines is 1. The molecule has 0 unspecified atom stereocenters. The molecule has 2 aliphatic rings. The van der Waals surface area contributed by atoms with Gasteiger partial charge in [0.15, 0.2) is 0 Å². The van der Waals surface area contributed by atoms with E-state index in [0.717, 1.165) is 34.8 Å². The van der Waals surface area contributed by atoms with Gasteiger partial charge in [-0.1, -0.05) is 18.3 Å². The van der Waals surface area contributed by atoms with E-state index in [0.29, 0.717) is 12.1 Å². The summed E-state index contributed by atoms with van der Waals surface area (Å²) in [6.07, 6.45) is 6.90. The Kier molecular flexibility index (Phi) is 3.62. The maximum Gasteiger partial charge on any atom is 0.102 e. The Bertz CT molecular complexity index is 665. The molecule has 0 saturated heterocycles. The van der Waals surface area contributed by atoms with Gasteiger partial charge in [-0.25, -0.2) is 0 Å². The van der Waals surface area contributed by atoms with Crippen molar-refractivity contribution in [1.29, 1.82) is 5.26 Å². The molecule has 1 aromatic rings. The molecule has 1 aliphatic carbocycles. The van der Waals surface area contributed by atoms with E-state index in [1.54, 1.807) is 0 Å². The average Bonchev–Trinajstić information content (AvgIpc) is 2.65. The lowest BCUT2D eigenvalue weighted by molar-refractivity contribution is 0.717. The molecule has 20 heavy (non-hydrogen) atoms. The van der Waals surface area contributed by atoms with E-state index < -0.39 is 0 Å². The van der Waals surface area contributed by atoms with Gasteiger partial charge in [-0.3, -0.25) is 4.99 Å². The Hall–Kier alpha value is -1.99. The van der Waals surface area contributed by atoms with Crippen LogP contribution in [0.5, 0.6) is 0 Å². The number of nitrogens with zero attached hydrogens (tertiary/aromatic N) is 2. The van der Waals surface area contributed by atoms with Crippen molar-refractivity contribution >= 4 is 28.6 Å². The fourth-order valence-electron chi connectivity index (χ4n) is 2.67. The molecule has 0 atom stereocenters. The highest BCUT2D eigenvalue weighted by atomic mass is 32.1. The number of hydrogen-bond donors (Lipinski definition) is 1. The molecule has 0 aromatic heterocycles. The van der Waals surface area contributed by atoms with Crippen LogP contribution < -0.4 is 5.32 Å². The van der Waals surface area contributed by atoms with Gasteiger partial charge < -0.3 is 5.32 Å². The zero-order valence-electron chi connectivity index (χ0n) is 11.1. The summed E-state index contributed by atoms with van der Waals surface area (Å²) in [5.74, 6) is 0. The second-order valence-electron chi connectivity index (χ2n) is 5.06. The monoisotopic (exact) mass is 281 g/mol. The molecule has 0 spiro atoms. The van der Waals surface area contributed by atoms with Crippen LogP contribution >= 0.6 is 12.2 Å². The van der Waals surface area contributed by atoms with Gasteiger partial charge in [0.1, 0.15) is 4.99 Å². The molecule has 0 fully saturated rings. The van der Waals surface area contributed by atoms with Crippen molar-refractivity contribution < 1.29 is 0 Å². The minimum absolute atomic E-state index is 0.512. The number of benzodiazepines with no additional fused rings is 1. The zero-order valence-corrected chi connectivity index (χ0v) is 12.0. The standard InChI is InChI=1S/C16H15N3S/c17-9-11-6-7-14-13(8-11)16(18-10-15(20)19-14)12-4-2-1-3-5-12/h4,6-8H,1-3,5,10H2,(H,19,20). The van der Waals surface area contributed by atoms with Crippen molar-refractivity contribution in [2.24, 2.45) is 4.99 Å². The van der Waals surface area contributed by atoms with Gasteiger partial charge in [0.2, 0.25) is 0 Å². The number of fused-ring (bicyclic) bond motifs is 1. The third-order valence-corrected chi connectivity index (χ3v) is 3.88. The lowest BCUT2D eigenvalue weighted by Gasteiger charge is -2.16. The summed E-state index contributed by atoms with van der Waals surface area (Å²) in [7, 11) is 0. The van der Waals surface area contributed by atoms with Crippen molar-refractivity contribution in [3.63, 3.8) is 0 Å². The highest BCUT2D eigenvalue weighted by Gasteiger charge is 2.19. The molecule has 1 N–H and O–H groups in total. The summed E-state index contributed by atoms with van der Waals surface area (Å²) in [5, 5.41) is 12.3. The van der Waals surface area contributed by atoms with E-state index in [1.165, 1.54) is 18.4 Å². The molecule has 0 saturated carbocycles. The van der Waals surface area contributed by atoms with Crippen LogP contribution in [0.15, 0.2) is 34.8 Å². The third-order valence-electron chi connectivity index (χ3n) is 3.65. The molecule has 1 aliphatic heterocycles. The fraction of sp³-hybridized carbons (Fsp3) is 0.312. The van der Waals surface area contributed by atoms with Crippen molar-refractivity contribution in [1.82, 2.24) is 0 Å². The Labute approximate surface area is 124 Å². The number of thiocarbonyl (C=S) groups is 1. The van der Waals surface area contributed by atoms with E-state index in [4.69, 9.17) is 17.5 Å². The number of nitriles is 1. The van der Waals surface area contributed by atoms with Gasteiger partial charge in [0, 0.05) is 11.3 Å². The molecule has 1 aromatic carbocycles. The summed E-state index contributed by atoms with van der Waals surface area (Å²) in [5.41, 5.74) is 4.90. The van der Waals surface area contributed by atoms with E-state index >= 15 is 0 Å². The van der Waals surface area contributed by atoms with Crippen molar-refractivity contribution in [2.45, 2.75) is 25.7 Å². The first-order valence-corrected chi connectivity index (χ1v) is 7.27. The van der Waals surface area contributed by atoms with Crippen molar-refractivity contribution in [2.75, 3.05) is 11.9 Å². The minimum Gasteiger partial charge on any atom is -0.348 e. The van der Waals surface area contributed by atoms with E-state index in [2.05, 4.69) is 22.5 Å². The van der Waals surface area contributed by atoms with Gasteiger partial charge in [0.05, 0.1) is 23.9 Å². The lowest BCUT2D eigenvalue weighted by Crippen LogP contribution is -2.11.